The van der Waals surface area contributed by atoms with Crippen molar-refractivity contribution < 1.29 is 18.7 Å². The monoisotopic (exact) mass is 225 g/mol. The molecule has 16 heavy (non-hydrogen) atoms. The maximum absolute atomic E-state index is 12.7. The molecule has 0 aromatic heterocycles. The number of carbonyl (C=O) groups is 1. The zero-order valence-corrected chi connectivity index (χ0v) is 9.62. The summed E-state index contributed by atoms with van der Waals surface area (Å²) in [5.41, 5.74) is -1.08. The van der Waals surface area contributed by atoms with Crippen molar-refractivity contribution in [3.63, 3.8) is 0 Å². The van der Waals surface area contributed by atoms with Crippen LogP contribution in [0.25, 0.3) is 0 Å². The lowest BCUT2D eigenvalue weighted by Crippen LogP contribution is -2.39. The van der Waals surface area contributed by atoms with Gasteiger partial charge in [-0.2, -0.15) is 0 Å². The number of hydrogen-bond donors (Lipinski definition) is 0. The van der Waals surface area contributed by atoms with Crippen LogP contribution in [-0.4, -0.2) is 18.2 Å². The highest BCUT2D eigenvalue weighted by Gasteiger charge is 2.31. The van der Waals surface area contributed by atoms with Crippen molar-refractivity contribution in [3.05, 3.63) is 30.1 Å². The normalized spacial score (nSPS) is 11.0. The van der Waals surface area contributed by atoms with Gasteiger partial charge in [-0.1, -0.05) is 0 Å². The lowest BCUT2D eigenvalue weighted by molar-refractivity contribution is -0.158. The number of halogens is 1. The average Bonchev–Trinajstić information content (AvgIpc) is 2.21. The van der Waals surface area contributed by atoms with Crippen LogP contribution in [0.4, 0.5) is 4.39 Å². The molecule has 0 atom stereocenters. The maximum atomic E-state index is 12.7. The third-order valence-electron chi connectivity index (χ3n) is 1.95. The molecule has 1 rings (SSSR count). The van der Waals surface area contributed by atoms with Gasteiger partial charge in [0.1, 0.15) is 11.6 Å². The number of benzene rings is 1. The third kappa shape index (κ3) is 3.22. The van der Waals surface area contributed by atoms with Crippen LogP contribution in [0.1, 0.15) is 20.8 Å². The van der Waals surface area contributed by atoms with Crippen molar-refractivity contribution >= 4 is 5.97 Å². The zero-order valence-electron chi connectivity index (χ0n) is 9.62. The van der Waals surface area contributed by atoms with E-state index in [9.17, 15) is 9.18 Å². The Morgan fingerprint density at radius 2 is 1.88 bits per heavy atom. The van der Waals surface area contributed by atoms with Crippen molar-refractivity contribution in [2.24, 2.45) is 0 Å². The summed E-state index contributed by atoms with van der Waals surface area (Å²) in [4.78, 5) is 11.5. The highest BCUT2D eigenvalue weighted by Crippen LogP contribution is 2.19. The standard InChI is InChI=1S/C12H15FO3/c1-4-15-11(14)12(2,3)16-10-7-5-9(13)6-8-10/h5-8H,4H2,1-3H3/i13-1. The predicted octanol–water partition coefficient (Wildman–Crippen LogP) is 2.55. The summed E-state index contributed by atoms with van der Waals surface area (Å²) in [6.07, 6.45) is 0. The molecule has 0 aliphatic rings. The van der Waals surface area contributed by atoms with E-state index in [2.05, 4.69) is 0 Å². The van der Waals surface area contributed by atoms with E-state index >= 15 is 0 Å². The molecule has 0 fully saturated rings. The highest BCUT2D eigenvalue weighted by atomic mass is 18.2. The number of carbonyl (C=O) groups excluding carboxylic acids is 1. The molecule has 0 saturated heterocycles. The van der Waals surface area contributed by atoms with Crippen molar-refractivity contribution in [1.29, 1.82) is 0 Å². The first-order valence-electron chi connectivity index (χ1n) is 5.07. The van der Waals surface area contributed by atoms with Gasteiger partial charge >= 0.3 is 5.97 Å². The second-order valence-corrected chi connectivity index (χ2v) is 3.79. The molecule has 1 aromatic carbocycles. The number of ether oxygens (including phenoxy) is 2. The number of esters is 1. The average molecular weight is 225 g/mol. The fourth-order valence-electron chi connectivity index (χ4n) is 1.14. The van der Waals surface area contributed by atoms with Crippen LogP contribution in [-0.2, 0) is 9.53 Å². The van der Waals surface area contributed by atoms with E-state index in [-0.39, 0.29) is 5.82 Å². The number of rotatable bonds is 4. The van der Waals surface area contributed by atoms with Crippen LogP contribution < -0.4 is 4.74 Å². The first-order valence-corrected chi connectivity index (χ1v) is 5.07. The second kappa shape index (κ2) is 4.96. The molecule has 0 amide bonds. The molecule has 4 heteroatoms. The van der Waals surface area contributed by atoms with Gasteiger partial charge in [0.05, 0.1) is 6.61 Å². The zero-order chi connectivity index (χ0) is 12.2. The molecule has 1 aromatic rings. The Hall–Kier alpha value is -1.58. The molecule has 0 heterocycles. The molecule has 0 spiro atoms. The minimum absolute atomic E-state index is 0.301. The minimum Gasteiger partial charge on any atom is -0.476 e. The summed E-state index contributed by atoms with van der Waals surface area (Å²) in [6, 6.07) is 5.49. The molecular weight excluding hydrogens is 210 g/mol. The van der Waals surface area contributed by atoms with Gasteiger partial charge in [-0.05, 0) is 45.0 Å². The van der Waals surface area contributed by atoms with Gasteiger partial charge in [0.25, 0.3) is 0 Å². The largest absolute Gasteiger partial charge is 0.476 e. The summed E-state index contributed by atoms with van der Waals surface area (Å²) in [7, 11) is 0. The topological polar surface area (TPSA) is 35.5 Å². The Morgan fingerprint density at radius 3 is 2.38 bits per heavy atom. The van der Waals surface area contributed by atoms with Gasteiger partial charge in [0, 0.05) is 0 Å². The van der Waals surface area contributed by atoms with Crippen molar-refractivity contribution in [2.45, 2.75) is 26.4 Å². The molecule has 0 unspecified atom stereocenters. The molecule has 0 saturated carbocycles. The van der Waals surface area contributed by atoms with Gasteiger partial charge in [-0.3, -0.25) is 0 Å². The summed E-state index contributed by atoms with van der Waals surface area (Å²) in [5.74, 6) is -0.361. The van der Waals surface area contributed by atoms with Crippen LogP contribution in [0, 0.1) is 5.82 Å². The predicted molar refractivity (Wildman–Crippen MR) is 57.7 cm³/mol. The SMILES string of the molecule is CCOC(=O)C(C)(C)Oc1ccc([18F])cc1. The highest BCUT2D eigenvalue weighted by molar-refractivity contribution is 5.79. The first kappa shape index (κ1) is 12.5. The van der Waals surface area contributed by atoms with Crippen molar-refractivity contribution in [3.8, 4) is 5.75 Å². The molecule has 0 bridgehead atoms. The summed E-state index contributed by atoms with van der Waals surface area (Å²) >= 11 is 0. The van der Waals surface area contributed by atoms with Gasteiger partial charge in [-0.25, -0.2) is 9.18 Å². The van der Waals surface area contributed by atoms with E-state index < -0.39 is 11.6 Å². The van der Waals surface area contributed by atoms with Crippen LogP contribution in [0.3, 0.4) is 0 Å². The van der Waals surface area contributed by atoms with Gasteiger partial charge < -0.3 is 9.47 Å². The Kier molecular flexibility index (Phi) is 3.88. The summed E-state index contributed by atoms with van der Waals surface area (Å²) < 4.78 is 22.9. The Labute approximate surface area is 94.2 Å². The van der Waals surface area contributed by atoms with E-state index in [1.165, 1.54) is 24.3 Å². The van der Waals surface area contributed by atoms with Crippen LogP contribution >= 0.6 is 0 Å². The quantitative estimate of drug-likeness (QED) is 0.739. The summed E-state index contributed by atoms with van der Waals surface area (Å²) in [6.45, 7) is 5.24. The smallest absolute Gasteiger partial charge is 0.349 e. The van der Waals surface area contributed by atoms with Crippen LogP contribution in [0.15, 0.2) is 24.3 Å². The van der Waals surface area contributed by atoms with Crippen molar-refractivity contribution in [1.82, 2.24) is 0 Å². The first-order chi connectivity index (χ1) is 7.45. The van der Waals surface area contributed by atoms with Gasteiger partial charge in [0.2, 0.25) is 0 Å². The van der Waals surface area contributed by atoms with E-state index in [0.717, 1.165) is 0 Å². The van der Waals surface area contributed by atoms with E-state index in [1.807, 2.05) is 0 Å². The molecule has 0 aliphatic carbocycles. The maximum Gasteiger partial charge on any atom is 0.349 e. The van der Waals surface area contributed by atoms with Gasteiger partial charge in [-0.15, -0.1) is 0 Å². The van der Waals surface area contributed by atoms with E-state index in [1.54, 1.807) is 20.8 Å². The van der Waals surface area contributed by atoms with Gasteiger partial charge in [0.15, 0.2) is 5.60 Å². The fraction of sp³-hybridized carbons (Fsp3) is 0.417. The van der Waals surface area contributed by atoms with Crippen LogP contribution in [0.5, 0.6) is 5.75 Å². The lowest BCUT2D eigenvalue weighted by atomic mass is 10.1. The molecule has 0 radical (unpaired) electrons. The van der Waals surface area contributed by atoms with E-state index in [0.29, 0.717) is 12.4 Å². The molecule has 88 valence electrons. The fourth-order valence-corrected chi connectivity index (χ4v) is 1.14. The molecule has 0 aliphatic heterocycles. The third-order valence-corrected chi connectivity index (χ3v) is 1.95. The Balaban J connectivity index is 2.72. The van der Waals surface area contributed by atoms with Crippen molar-refractivity contribution in [2.75, 3.05) is 6.61 Å². The molecular formula is C12H15FO3. The minimum atomic E-state index is -1.08. The lowest BCUT2D eigenvalue weighted by Gasteiger charge is -2.23. The van der Waals surface area contributed by atoms with E-state index in [4.69, 9.17) is 9.47 Å². The molecule has 0 N–H and O–H groups in total. The van der Waals surface area contributed by atoms with Crippen LogP contribution in [0.2, 0.25) is 0 Å². The number of hydrogen-bond acceptors (Lipinski definition) is 3. The molecule has 3 nitrogen and oxygen atoms in total. The Bertz CT molecular complexity index is 357. The summed E-state index contributed by atoms with van der Waals surface area (Å²) in [5, 5.41) is 0. The second-order valence-electron chi connectivity index (χ2n) is 3.79. The Morgan fingerprint density at radius 1 is 1.31 bits per heavy atom.